The molecule has 0 spiro atoms. The number of hydrogen-bond donors (Lipinski definition) is 5. The summed E-state index contributed by atoms with van der Waals surface area (Å²) >= 11 is 0. The summed E-state index contributed by atoms with van der Waals surface area (Å²) < 4.78 is 0. The number of hydrogen-bond acceptors (Lipinski definition) is 4. The molecule has 1 aromatic carbocycles. The van der Waals surface area contributed by atoms with Gasteiger partial charge < -0.3 is 26.0 Å². The summed E-state index contributed by atoms with van der Waals surface area (Å²) in [5.41, 5.74) is 0.905. The molecule has 1 saturated heterocycles. The Labute approximate surface area is 123 Å². The minimum Gasteiger partial charge on any atom is -0.465 e. The molecule has 0 unspecified atom stereocenters. The monoisotopic (exact) mass is 294 g/mol. The van der Waals surface area contributed by atoms with Gasteiger partial charge in [-0.05, 0) is 31.4 Å². The van der Waals surface area contributed by atoms with Crippen molar-refractivity contribution in [3.63, 3.8) is 0 Å². The van der Waals surface area contributed by atoms with E-state index in [4.69, 9.17) is 5.11 Å². The van der Waals surface area contributed by atoms with Crippen molar-refractivity contribution in [2.24, 2.45) is 0 Å². The zero-order valence-electron chi connectivity index (χ0n) is 11.8. The molecule has 4 atom stereocenters. The van der Waals surface area contributed by atoms with Crippen molar-refractivity contribution in [2.75, 3.05) is 6.54 Å². The van der Waals surface area contributed by atoms with Crippen LogP contribution in [0.15, 0.2) is 30.3 Å². The average molecular weight is 294 g/mol. The Morgan fingerprint density at radius 3 is 2.62 bits per heavy atom. The maximum atomic E-state index is 10.9. The number of aliphatic hydroxyl groups excluding tert-OH is 2. The van der Waals surface area contributed by atoms with E-state index in [2.05, 4.69) is 10.6 Å². The van der Waals surface area contributed by atoms with Crippen molar-refractivity contribution in [3.05, 3.63) is 35.9 Å². The largest absolute Gasteiger partial charge is 0.465 e. The van der Waals surface area contributed by atoms with Crippen molar-refractivity contribution in [1.29, 1.82) is 0 Å². The van der Waals surface area contributed by atoms with Crippen LogP contribution in [0.2, 0.25) is 0 Å². The van der Waals surface area contributed by atoms with E-state index in [1.54, 1.807) is 0 Å². The maximum Gasteiger partial charge on any atom is 0.404 e. The van der Waals surface area contributed by atoms with Crippen LogP contribution in [0.25, 0.3) is 0 Å². The van der Waals surface area contributed by atoms with Crippen LogP contribution in [0, 0.1) is 0 Å². The van der Waals surface area contributed by atoms with Gasteiger partial charge in [0.25, 0.3) is 0 Å². The number of aliphatic hydroxyl groups is 2. The molecule has 0 radical (unpaired) electrons. The first-order valence-electron chi connectivity index (χ1n) is 7.21. The molecule has 0 bridgehead atoms. The first-order chi connectivity index (χ1) is 10.1. The van der Waals surface area contributed by atoms with E-state index < -0.39 is 24.3 Å². The Bertz CT molecular complexity index is 448. The Balaban J connectivity index is 2.05. The molecular formula is C15H22N2O4. The summed E-state index contributed by atoms with van der Waals surface area (Å²) in [5, 5.41) is 34.9. The molecule has 1 aliphatic rings. The van der Waals surface area contributed by atoms with Crippen molar-refractivity contribution in [2.45, 2.75) is 43.6 Å². The lowest BCUT2D eigenvalue weighted by molar-refractivity contribution is -0.0196. The highest BCUT2D eigenvalue weighted by Crippen LogP contribution is 2.16. The highest BCUT2D eigenvalue weighted by atomic mass is 16.4. The van der Waals surface area contributed by atoms with Gasteiger partial charge in [0.05, 0.1) is 12.1 Å². The van der Waals surface area contributed by atoms with Gasteiger partial charge in [0.2, 0.25) is 0 Å². The van der Waals surface area contributed by atoms with E-state index in [0.717, 1.165) is 24.9 Å². The van der Waals surface area contributed by atoms with Gasteiger partial charge in [-0.15, -0.1) is 0 Å². The lowest BCUT2D eigenvalue weighted by atomic mass is 9.93. The fourth-order valence-electron chi connectivity index (χ4n) is 2.76. The van der Waals surface area contributed by atoms with E-state index in [1.165, 1.54) is 0 Å². The van der Waals surface area contributed by atoms with Crippen LogP contribution >= 0.6 is 0 Å². The fourth-order valence-corrected chi connectivity index (χ4v) is 2.76. The third-order valence-electron chi connectivity index (χ3n) is 3.88. The SMILES string of the molecule is O=C(O)N[C@@H](Cc1ccccc1)[C@H](O)[C@H](O)[C@H]1CCCN1. The molecule has 0 aromatic heterocycles. The average Bonchev–Trinajstić information content (AvgIpc) is 3.00. The van der Waals surface area contributed by atoms with Crippen molar-refractivity contribution in [1.82, 2.24) is 10.6 Å². The molecular weight excluding hydrogens is 272 g/mol. The number of benzene rings is 1. The third kappa shape index (κ3) is 4.42. The van der Waals surface area contributed by atoms with Gasteiger partial charge in [-0.25, -0.2) is 4.79 Å². The molecule has 21 heavy (non-hydrogen) atoms. The molecule has 2 rings (SSSR count). The van der Waals surface area contributed by atoms with Crippen LogP contribution in [0.1, 0.15) is 18.4 Å². The van der Waals surface area contributed by atoms with Crippen LogP contribution in [0.5, 0.6) is 0 Å². The second-order valence-corrected chi connectivity index (χ2v) is 5.43. The van der Waals surface area contributed by atoms with Crippen molar-refractivity contribution in [3.8, 4) is 0 Å². The van der Waals surface area contributed by atoms with E-state index >= 15 is 0 Å². The molecule has 5 N–H and O–H groups in total. The Kier molecular flexibility index (Phi) is 5.55. The predicted octanol–water partition coefficient (Wildman–Crippen LogP) is 0.339. The van der Waals surface area contributed by atoms with Crippen LogP contribution in [-0.2, 0) is 6.42 Å². The van der Waals surface area contributed by atoms with Crippen molar-refractivity contribution >= 4 is 6.09 Å². The molecule has 1 aromatic rings. The van der Waals surface area contributed by atoms with Gasteiger partial charge in [-0.2, -0.15) is 0 Å². The fraction of sp³-hybridized carbons (Fsp3) is 0.533. The van der Waals surface area contributed by atoms with Crippen LogP contribution in [0.4, 0.5) is 4.79 Å². The van der Waals surface area contributed by atoms with Crippen LogP contribution in [0.3, 0.4) is 0 Å². The zero-order valence-corrected chi connectivity index (χ0v) is 11.8. The molecule has 1 amide bonds. The minimum atomic E-state index is -1.21. The van der Waals surface area contributed by atoms with E-state index in [0.29, 0.717) is 6.42 Å². The molecule has 1 fully saturated rings. The Hall–Kier alpha value is -1.63. The second kappa shape index (κ2) is 7.40. The van der Waals surface area contributed by atoms with Gasteiger partial charge >= 0.3 is 6.09 Å². The van der Waals surface area contributed by atoms with Gasteiger partial charge in [0.15, 0.2) is 0 Å². The third-order valence-corrected chi connectivity index (χ3v) is 3.88. The highest BCUT2D eigenvalue weighted by molar-refractivity contribution is 5.65. The predicted molar refractivity (Wildman–Crippen MR) is 78.1 cm³/mol. The number of nitrogens with one attached hydrogen (secondary N) is 2. The summed E-state index contributed by atoms with van der Waals surface area (Å²) in [6, 6.07) is 8.38. The second-order valence-electron chi connectivity index (χ2n) is 5.43. The molecule has 1 heterocycles. The standard InChI is InChI=1S/C15H22N2O4/c18-13(11-7-4-8-16-11)14(19)12(17-15(20)21)9-10-5-2-1-3-6-10/h1-3,5-6,11-14,16-19H,4,7-9H2,(H,20,21)/t11-,12+,13-,14+/m1/s1. The summed E-state index contributed by atoms with van der Waals surface area (Å²) in [4.78, 5) is 10.9. The summed E-state index contributed by atoms with van der Waals surface area (Å²) in [5.74, 6) is 0. The maximum absolute atomic E-state index is 10.9. The normalized spacial score (nSPS) is 22.5. The Morgan fingerprint density at radius 1 is 1.33 bits per heavy atom. The molecule has 0 aliphatic carbocycles. The lowest BCUT2D eigenvalue weighted by Gasteiger charge is -2.30. The van der Waals surface area contributed by atoms with E-state index in [-0.39, 0.29) is 6.04 Å². The molecule has 0 saturated carbocycles. The number of carbonyl (C=O) groups is 1. The van der Waals surface area contributed by atoms with Gasteiger partial charge in [0, 0.05) is 6.04 Å². The van der Waals surface area contributed by atoms with Crippen molar-refractivity contribution < 1.29 is 20.1 Å². The number of amides is 1. The summed E-state index contributed by atoms with van der Waals surface area (Å²) in [6.07, 6.45) is -1.29. The number of carboxylic acid groups (broad SMARTS) is 1. The number of rotatable bonds is 6. The van der Waals surface area contributed by atoms with E-state index in [9.17, 15) is 15.0 Å². The molecule has 6 heteroatoms. The zero-order chi connectivity index (χ0) is 15.2. The van der Waals surface area contributed by atoms with Gasteiger partial charge in [0.1, 0.15) is 6.10 Å². The van der Waals surface area contributed by atoms with Gasteiger partial charge in [-0.3, -0.25) is 0 Å². The lowest BCUT2D eigenvalue weighted by Crippen LogP contribution is -2.54. The topological polar surface area (TPSA) is 102 Å². The summed E-state index contributed by atoms with van der Waals surface area (Å²) in [6.45, 7) is 0.810. The Morgan fingerprint density at radius 2 is 2.05 bits per heavy atom. The minimum absolute atomic E-state index is 0.186. The highest BCUT2D eigenvalue weighted by Gasteiger charge is 2.34. The first kappa shape index (κ1) is 15.8. The molecule has 116 valence electrons. The first-order valence-corrected chi connectivity index (χ1v) is 7.21. The molecule has 1 aliphatic heterocycles. The smallest absolute Gasteiger partial charge is 0.404 e. The van der Waals surface area contributed by atoms with Gasteiger partial charge in [-0.1, -0.05) is 30.3 Å². The van der Waals surface area contributed by atoms with Crippen LogP contribution < -0.4 is 10.6 Å². The molecule has 6 nitrogen and oxygen atoms in total. The van der Waals surface area contributed by atoms with Crippen LogP contribution in [-0.4, -0.2) is 52.2 Å². The summed E-state index contributed by atoms with van der Waals surface area (Å²) in [7, 11) is 0. The quantitative estimate of drug-likeness (QED) is 0.521. The van der Waals surface area contributed by atoms with E-state index in [1.807, 2.05) is 30.3 Å².